The summed E-state index contributed by atoms with van der Waals surface area (Å²) in [6.07, 6.45) is -0.537. The van der Waals surface area contributed by atoms with Crippen molar-refractivity contribution in [1.82, 2.24) is 0 Å². The van der Waals surface area contributed by atoms with Crippen molar-refractivity contribution in [3.8, 4) is 0 Å². The van der Waals surface area contributed by atoms with Crippen molar-refractivity contribution < 1.29 is 5.11 Å². The van der Waals surface area contributed by atoms with Gasteiger partial charge in [-0.3, -0.25) is 0 Å². The molecule has 0 saturated heterocycles. The summed E-state index contributed by atoms with van der Waals surface area (Å²) in [4.78, 5) is 0. The number of hydrogen-bond donors (Lipinski definition) is 1. The van der Waals surface area contributed by atoms with E-state index in [1.807, 2.05) is 43.3 Å². The molecule has 2 heteroatoms. The summed E-state index contributed by atoms with van der Waals surface area (Å²) >= 11 is 2.26. The van der Waals surface area contributed by atoms with Crippen molar-refractivity contribution in [2.24, 2.45) is 0 Å². The smallest absolute Gasteiger partial charge is 0.104 e. The summed E-state index contributed by atoms with van der Waals surface area (Å²) < 4.78 is 1.14. The summed E-state index contributed by atoms with van der Waals surface area (Å²) in [6, 6.07) is 14.1. The van der Waals surface area contributed by atoms with E-state index in [1.54, 1.807) is 0 Å². The number of rotatable bonds is 2. The zero-order valence-electron chi connectivity index (χ0n) is 9.94. The molecule has 0 spiro atoms. The van der Waals surface area contributed by atoms with Crippen LogP contribution in [-0.4, -0.2) is 5.11 Å². The van der Waals surface area contributed by atoms with Crippen molar-refractivity contribution >= 4 is 22.6 Å². The molecule has 1 atom stereocenters. The van der Waals surface area contributed by atoms with Crippen molar-refractivity contribution in [3.05, 3.63) is 68.3 Å². The normalized spacial score (nSPS) is 12.5. The highest BCUT2D eigenvalue weighted by atomic mass is 127. The number of aliphatic hydroxyl groups excluding tert-OH is 1. The second-order valence-electron chi connectivity index (χ2n) is 4.32. The quantitative estimate of drug-likeness (QED) is 0.821. The predicted octanol–water partition coefficient (Wildman–Crippen LogP) is 3.99. The van der Waals surface area contributed by atoms with Crippen LogP contribution in [0, 0.1) is 17.4 Å². The Morgan fingerprint density at radius 1 is 1.06 bits per heavy atom. The van der Waals surface area contributed by atoms with Gasteiger partial charge in [-0.1, -0.05) is 35.9 Å². The molecule has 0 aliphatic rings. The fourth-order valence-corrected chi connectivity index (χ4v) is 2.56. The van der Waals surface area contributed by atoms with Crippen LogP contribution in [0.4, 0.5) is 0 Å². The largest absolute Gasteiger partial charge is 0.384 e. The fraction of sp³-hybridized carbons (Fsp3) is 0.200. The molecule has 2 aromatic carbocycles. The number of hydrogen-bond acceptors (Lipinski definition) is 1. The number of halogens is 1. The van der Waals surface area contributed by atoms with Gasteiger partial charge < -0.3 is 5.11 Å². The Labute approximate surface area is 116 Å². The van der Waals surface area contributed by atoms with E-state index >= 15 is 0 Å². The standard InChI is InChI=1S/C15H15IO/c1-10-6-7-14(11(2)8-10)15(17)12-4-3-5-13(16)9-12/h3-9,15,17H,1-2H3. The van der Waals surface area contributed by atoms with Gasteiger partial charge >= 0.3 is 0 Å². The maximum atomic E-state index is 10.4. The Hall–Kier alpha value is -0.870. The van der Waals surface area contributed by atoms with Gasteiger partial charge in [0.2, 0.25) is 0 Å². The first-order valence-corrected chi connectivity index (χ1v) is 6.66. The topological polar surface area (TPSA) is 20.2 Å². The molecule has 0 radical (unpaired) electrons. The van der Waals surface area contributed by atoms with Gasteiger partial charge in [0.25, 0.3) is 0 Å². The SMILES string of the molecule is Cc1ccc(C(O)c2cccc(I)c2)c(C)c1. The molecule has 0 fully saturated rings. The van der Waals surface area contributed by atoms with Gasteiger partial charge in [-0.25, -0.2) is 0 Å². The van der Waals surface area contributed by atoms with E-state index < -0.39 is 6.10 Å². The molecule has 0 amide bonds. The summed E-state index contributed by atoms with van der Waals surface area (Å²) in [5, 5.41) is 10.4. The molecule has 0 heterocycles. The molecule has 0 bridgehead atoms. The van der Waals surface area contributed by atoms with E-state index in [0.29, 0.717) is 0 Å². The molecule has 1 N–H and O–H groups in total. The maximum absolute atomic E-state index is 10.4. The molecule has 0 saturated carbocycles. The average Bonchev–Trinajstić information content (AvgIpc) is 2.28. The van der Waals surface area contributed by atoms with E-state index in [0.717, 1.165) is 20.3 Å². The van der Waals surface area contributed by atoms with Crippen molar-refractivity contribution in [1.29, 1.82) is 0 Å². The highest BCUT2D eigenvalue weighted by molar-refractivity contribution is 14.1. The molecule has 1 unspecified atom stereocenters. The lowest BCUT2D eigenvalue weighted by Crippen LogP contribution is -2.02. The molecule has 88 valence electrons. The first kappa shape index (κ1) is 12.6. The van der Waals surface area contributed by atoms with E-state index in [9.17, 15) is 5.11 Å². The number of benzene rings is 2. The third kappa shape index (κ3) is 2.87. The molecule has 17 heavy (non-hydrogen) atoms. The number of aliphatic hydroxyl groups is 1. The molecule has 0 aliphatic carbocycles. The summed E-state index contributed by atoms with van der Waals surface area (Å²) in [7, 11) is 0. The Morgan fingerprint density at radius 3 is 2.47 bits per heavy atom. The summed E-state index contributed by atoms with van der Waals surface area (Å²) in [5.41, 5.74) is 4.29. The van der Waals surface area contributed by atoms with Gasteiger partial charge in [0, 0.05) is 3.57 Å². The Kier molecular flexibility index (Phi) is 3.84. The minimum absolute atomic E-state index is 0.537. The van der Waals surface area contributed by atoms with Crippen LogP contribution in [0.1, 0.15) is 28.4 Å². The van der Waals surface area contributed by atoms with Gasteiger partial charge in [0.1, 0.15) is 6.10 Å². The molecular formula is C15H15IO. The van der Waals surface area contributed by atoms with Crippen molar-refractivity contribution in [2.75, 3.05) is 0 Å². The van der Waals surface area contributed by atoms with Gasteiger partial charge in [-0.15, -0.1) is 0 Å². The van der Waals surface area contributed by atoms with E-state index in [2.05, 4.69) is 35.6 Å². The monoisotopic (exact) mass is 338 g/mol. The first-order chi connectivity index (χ1) is 8.08. The van der Waals surface area contributed by atoms with Crippen LogP contribution < -0.4 is 0 Å². The molecule has 0 aromatic heterocycles. The zero-order valence-corrected chi connectivity index (χ0v) is 12.1. The summed E-state index contributed by atoms with van der Waals surface area (Å²) in [5.74, 6) is 0. The van der Waals surface area contributed by atoms with Gasteiger partial charge in [-0.2, -0.15) is 0 Å². The maximum Gasteiger partial charge on any atom is 0.104 e. The zero-order chi connectivity index (χ0) is 12.4. The van der Waals surface area contributed by atoms with Crippen LogP contribution in [0.3, 0.4) is 0 Å². The van der Waals surface area contributed by atoms with E-state index in [1.165, 1.54) is 5.56 Å². The van der Waals surface area contributed by atoms with Gasteiger partial charge in [0.05, 0.1) is 0 Å². The van der Waals surface area contributed by atoms with Crippen LogP contribution in [0.5, 0.6) is 0 Å². The van der Waals surface area contributed by atoms with Crippen molar-refractivity contribution in [2.45, 2.75) is 20.0 Å². The Morgan fingerprint density at radius 2 is 1.82 bits per heavy atom. The number of aryl methyl sites for hydroxylation is 2. The first-order valence-electron chi connectivity index (χ1n) is 5.58. The van der Waals surface area contributed by atoms with Crippen LogP contribution in [0.15, 0.2) is 42.5 Å². The third-order valence-corrected chi connectivity index (χ3v) is 3.56. The lowest BCUT2D eigenvalue weighted by atomic mass is 9.96. The van der Waals surface area contributed by atoms with Gasteiger partial charge in [0.15, 0.2) is 0 Å². The second-order valence-corrected chi connectivity index (χ2v) is 5.56. The van der Waals surface area contributed by atoms with E-state index in [-0.39, 0.29) is 0 Å². The van der Waals surface area contributed by atoms with Crippen LogP contribution in [0.2, 0.25) is 0 Å². The molecule has 0 aliphatic heterocycles. The molecule has 2 rings (SSSR count). The second kappa shape index (κ2) is 5.19. The van der Waals surface area contributed by atoms with Crippen LogP contribution in [-0.2, 0) is 0 Å². The molecular weight excluding hydrogens is 323 g/mol. The molecule has 1 nitrogen and oxygen atoms in total. The summed E-state index contributed by atoms with van der Waals surface area (Å²) in [6.45, 7) is 4.11. The average molecular weight is 338 g/mol. The minimum atomic E-state index is -0.537. The Bertz CT molecular complexity index is 534. The minimum Gasteiger partial charge on any atom is -0.384 e. The van der Waals surface area contributed by atoms with Crippen LogP contribution >= 0.6 is 22.6 Å². The predicted molar refractivity (Wildman–Crippen MR) is 79.1 cm³/mol. The van der Waals surface area contributed by atoms with Gasteiger partial charge in [-0.05, 0) is 65.3 Å². The highest BCUT2D eigenvalue weighted by Gasteiger charge is 2.12. The van der Waals surface area contributed by atoms with Crippen molar-refractivity contribution in [3.63, 3.8) is 0 Å². The third-order valence-electron chi connectivity index (χ3n) is 2.88. The highest BCUT2D eigenvalue weighted by Crippen LogP contribution is 2.26. The van der Waals surface area contributed by atoms with Crippen LogP contribution in [0.25, 0.3) is 0 Å². The fourth-order valence-electron chi connectivity index (χ4n) is 1.99. The lowest BCUT2D eigenvalue weighted by molar-refractivity contribution is 0.219. The van der Waals surface area contributed by atoms with E-state index in [4.69, 9.17) is 0 Å². The Balaban J connectivity index is 2.40. The lowest BCUT2D eigenvalue weighted by Gasteiger charge is -2.15. The molecule has 2 aromatic rings.